The van der Waals surface area contributed by atoms with Crippen LogP contribution in [0.1, 0.15) is 31.2 Å². The molecule has 2 rings (SSSR count). The molecule has 1 aliphatic carbocycles. The lowest BCUT2D eigenvalue weighted by molar-refractivity contribution is -0.144. The molecular formula is C18H25N2O4. The van der Waals surface area contributed by atoms with Crippen LogP contribution in [-0.2, 0) is 16.0 Å². The molecule has 1 unspecified atom stereocenters. The molecular weight excluding hydrogens is 308 g/mol. The lowest BCUT2D eigenvalue weighted by atomic mass is 9.75. The molecule has 6 N–H and O–H groups in total. The van der Waals surface area contributed by atoms with Crippen molar-refractivity contribution in [3.8, 4) is 0 Å². The van der Waals surface area contributed by atoms with Crippen molar-refractivity contribution in [1.29, 1.82) is 0 Å². The first kappa shape index (κ1) is 18.4. The predicted molar refractivity (Wildman–Crippen MR) is 89.2 cm³/mol. The van der Waals surface area contributed by atoms with Crippen molar-refractivity contribution < 1.29 is 19.8 Å². The Bertz CT molecular complexity index is 578. The van der Waals surface area contributed by atoms with Gasteiger partial charge in [0, 0.05) is 0 Å². The lowest BCUT2D eigenvalue weighted by Gasteiger charge is -2.35. The lowest BCUT2D eigenvalue weighted by Crippen LogP contribution is -2.52. The Labute approximate surface area is 141 Å². The molecule has 1 aromatic rings. The summed E-state index contributed by atoms with van der Waals surface area (Å²) in [5.74, 6) is -3.18. The number of hydrogen-bond acceptors (Lipinski definition) is 4. The summed E-state index contributed by atoms with van der Waals surface area (Å²) in [4.78, 5) is 23.4. The second kappa shape index (κ2) is 7.77. The topological polar surface area (TPSA) is 127 Å². The number of aliphatic hydroxyl groups excluding tert-OH is 1. The number of hydrogen-bond donors (Lipinski definition) is 4. The highest BCUT2D eigenvalue weighted by Gasteiger charge is 2.52. The number of primary amides is 2. The monoisotopic (exact) mass is 333 g/mol. The van der Waals surface area contributed by atoms with Crippen LogP contribution in [0.2, 0.25) is 0 Å². The average molecular weight is 333 g/mol. The van der Waals surface area contributed by atoms with Gasteiger partial charge in [0.05, 0.1) is 23.5 Å². The van der Waals surface area contributed by atoms with Crippen molar-refractivity contribution in [2.75, 3.05) is 0 Å². The fraction of sp³-hybridized carbons (Fsp3) is 0.500. The molecule has 1 aliphatic rings. The van der Waals surface area contributed by atoms with Gasteiger partial charge in [-0.05, 0) is 44.1 Å². The van der Waals surface area contributed by atoms with E-state index in [0.717, 1.165) is 5.56 Å². The molecule has 0 spiro atoms. The van der Waals surface area contributed by atoms with Crippen molar-refractivity contribution >= 4 is 11.8 Å². The summed E-state index contributed by atoms with van der Waals surface area (Å²) in [6.07, 6.45) is 2.56. The smallest absolute Gasteiger partial charge is 0.223 e. The maximum atomic E-state index is 11.9. The second-order valence-electron chi connectivity index (χ2n) is 6.52. The number of aliphatic hydroxyl groups is 2. The Hall–Kier alpha value is -1.92. The maximum absolute atomic E-state index is 11.9. The van der Waals surface area contributed by atoms with Gasteiger partial charge >= 0.3 is 0 Å². The molecule has 131 valence electrons. The van der Waals surface area contributed by atoms with Gasteiger partial charge in [0.2, 0.25) is 11.8 Å². The third-order valence-electron chi connectivity index (χ3n) is 4.91. The summed E-state index contributed by atoms with van der Waals surface area (Å²) in [5.41, 5.74) is 10.3. The molecule has 4 atom stereocenters. The third-order valence-corrected chi connectivity index (χ3v) is 4.91. The number of amides is 2. The van der Waals surface area contributed by atoms with E-state index in [4.69, 9.17) is 11.5 Å². The van der Waals surface area contributed by atoms with Gasteiger partial charge in [0.15, 0.2) is 0 Å². The predicted octanol–water partition coefficient (Wildman–Crippen LogP) is 0.302. The van der Waals surface area contributed by atoms with Gasteiger partial charge in [-0.15, -0.1) is 0 Å². The summed E-state index contributed by atoms with van der Waals surface area (Å²) < 4.78 is 0. The number of rotatable bonds is 8. The van der Waals surface area contributed by atoms with E-state index >= 15 is 0 Å². The van der Waals surface area contributed by atoms with E-state index in [-0.39, 0.29) is 12.8 Å². The van der Waals surface area contributed by atoms with Gasteiger partial charge in [-0.2, -0.15) is 0 Å². The van der Waals surface area contributed by atoms with E-state index < -0.39 is 35.4 Å². The first-order valence-electron chi connectivity index (χ1n) is 8.21. The average Bonchev–Trinajstić information content (AvgIpc) is 2.94. The molecule has 0 saturated heterocycles. The van der Waals surface area contributed by atoms with Gasteiger partial charge < -0.3 is 21.7 Å². The maximum Gasteiger partial charge on any atom is 0.223 e. The zero-order valence-electron chi connectivity index (χ0n) is 13.6. The Kier molecular flexibility index (Phi) is 5.96. The fourth-order valence-corrected chi connectivity index (χ4v) is 3.61. The van der Waals surface area contributed by atoms with Crippen molar-refractivity contribution in [1.82, 2.24) is 0 Å². The van der Waals surface area contributed by atoms with E-state index in [1.54, 1.807) is 6.42 Å². The SMILES string of the molecule is NC(=O)C1CCC[C@@]1(O)[C@H](C[C@@H](O)[CH]Cc1ccccc1)C(N)=O. The highest BCUT2D eigenvalue weighted by Crippen LogP contribution is 2.42. The normalized spacial score (nSPS) is 26.0. The summed E-state index contributed by atoms with van der Waals surface area (Å²) >= 11 is 0. The van der Waals surface area contributed by atoms with Crippen LogP contribution in [-0.4, -0.2) is 33.7 Å². The molecule has 24 heavy (non-hydrogen) atoms. The molecule has 1 aromatic carbocycles. The first-order chi connectivity index (χ1) is 11.3. The summed E-state index contributed by atoms with van der Waals surface area (Å²) in [7, 11) is 0. The van der Waals surface area contributed by atoms with E-state index in [2.05, 4.69) is 0 Å². The second-order valence-corrected chi connectivity index (χ2v) is 6.52. The van der Waals surface area contributed by atoms with E-state index in [1.165, 1.54) is 0 Å². The van der Waals surface area contributed by atoms with E-state index in [0.29, 0.717) is 19.3 Å². The molecule has 1 saturated carbocycles. The van der Waals surface area contributed by atoms with Crippen LogP contribution in [0, 0.1) is 18.3 Å². The van der Waals surface area contributed by atoms with Gasteiger partial charge in [-0.25, -0.2) is 0 Å². The highest BCUT2D eigenvalue weighted by molar-refractivity contribution is 5.83. The van der Waals surface area contributed by atoms with Crippen molar-refractivity contribution in [2.24, 2.45) is 23.3 Å². The third kappa shape index (κ3) is 4.13. The van der Waals surface area contributed by atoms with Crippen LogP contribution in [0.4, 0.5) is 0 Å². The molecule has 0 aliphatic heterocycles. The van der Waals surface area contributed by atoms with Crippen LogP contribution < -0.4 is 11.5 Å². The molecule has 0 heterocycles. The first-order valence-corrected chi connectivity index (χ1v) is 8.21. The van der Waals surface area contributed by atoms with E-state index in [1.807, 2.05) is 30.3 Å². The summed E-state index contributed by atoms with van der Waals surface area (Å²) in [5, 5.41) is 21.1. The number of benzene rings is 1. The number of carbonyl (C=O) groups excluding carboxylic acids is 2. The molecule has 1 radical (unpaired) electrons. The quantitative estimate of drug-likeness (QED) is 0.546. The van der Waals surface area contributed by atoms with Gasteiger partial charge in [-0.3, -0.25) is 9.59 Å². The van der Waals surface area contributed by atoms with Gasteiger partial charge in [0.1, 0.15) is 0 Å². The molecule has 2 amide bonds. The summed E-state index contributed by atoms with van der Waals surface area (Å²) in [6, 6.07) is 9.58. The van der Waals surface area contributed by atoms with Crippen LogP contribution in [0.5, 0.6) is 0 Å². The van der Waals surface area contributed by atoms with Crippen LogP contribution in [0.15, 0.2) is 30.3 Å². The van der Waals surface area contributed by atoms with Crippen molar-refractivity contribution in [3.63, 3.8) is 0 Å². The van der Waals surface area contributed by atoms with Gasteiger partial charge in [-0.1, -0.05) is 30.3 Å². The molecule has 0 bridgehead atoms. The Morgan fingerprint density at radius 2 is 1.96 bits per heavy atom. The number of nitrogens with two attached hydrogens (primary N) is 2. The highest BCUT2D eigenvalue weighted by atomic mass is 16.3. The zero-order valence-corrected chi connectivity index (χ0v) is 13.6. The van der Waals surface area contributed by atoms with Crippen molar-refractivity contribution in [2.45, 2.75) is 43.8 Å². The van der Waals surface area contributed by atoms with Crippen molar-refractivity contribution in [3.05, 3.63) is 42.3 Å². The Balaban J connectivity index is 2.02. The minimum atomic E-state index is -1.57. The van der Waals surface area contributed by atoms with E-state index in [9.17, 15) is 19.8 Å². The fourth-order valence-electron chi connectivity index (χ4n) is 3.61. The van der Waals surface area contributed by atoms with Gasteiger partial charge in [0.25, 0.3) is 0 Å². The minimum absolute atomic E-state index is 0.0254. The molecule has 6 nitrogen and oxygen atoms in total. The molecule has 0 aromatic heterocycles. The largest absolute Gasteiger partial charge is 0.393 e. The zero-order chi connectivity index (χ0) is 17.7. The Morgan fingerprint density at radius 1 is 1.29 bits per heavy atom. The number of carbonyl (C=O) groups is 2. The molecule has 6 heteroatoms. The summed E-state index contributed by atoms with van der Waals surface area (Å²) in [6.45, 7) is 0. The standard InChI is InChI=1S/C18H25N2O4/c19-16(22)14-7-4-10-18(14,24)15(17(20)23)11-13(21)9-8-12-5-2-1-3-6-12/h1-3,5-6,9,13-15,21,24H,4,7-8,10-11H2,(H2,19,22)(H2,20,23)/t13-,14?,15+,18-/m0/s1. The van der Waals surface area contributed by atoms with Crippen LogP contribution in [0.3, 0.4) is 0 Å². The molecule has 1 fully saturated rings. The van der Waals surface area contributed by atoms with Crippen LogP contribution >= 0.6 is 0 Å². The minimum Gasteiger partial charge on any atom is -0.393 e. The van der Waals surface area contributed by atoms with Crippen LogP contribution in [0.25, 0.3) is 0 Å². The Morgan fingerprint density at radius 3 is 2.54 bits per heavy atom.